The Hall–Kier alpha value is -2.87. The molecule has 2 atom stereocenters. The van der Waals surface area contributed by atoms with Gasteiger partial charge in [-0.05, 0) is 37.0 Å². The van der Waals surface area contributed by atoms with E-state index in [1.165, 1.54) is 6.26 Å². The number of morpholine rings is 1. The van der Waals surface area contributed by atoms with Crippen molar-refractivity contribution in [3.05, 3.63) is 41.6 Å². The van der Waals surface area contributed by atoms with Gasteiger partial charge in [-0.15, -0.1) is 0 Å². The molecule has 3 heterocycles. The van der Waals surface area contributed by atoms with Crippen molar-refractivity contribution in [2.24, 2.45) is 0 Å². The molecule has 1 saturated heterocycles. The first-order valence-electron chi connectivity index (χ1n) is 10.6. The van der Waals surface area contributed by atoms with Crippen LogP contribution in [0.5, 0.6) is 5.75 Å². The highest BCUT2D eigenvalue weighted by Gasteiger charge is 2.31. The van der Waals surface area contributed by atoms with Crippen molar-refractivity contribution in [3.8, 4) is 5.75 Å². The fourth-order valence-electron chi connectivity index (χ4n) is 3.96. The molecule has 0 saturated carbocycles. The number of carbonyl (C=O) groups excluding carboxylic acids is 2. The molecule has 4 rings (SSSR count). The first-order chi connectivity index (χ1) is 14.6. The maximum atomic E-state index is 12.9. The minimum atomic E-state index is -0.194. The van der Waals surface area contributed by atoms with E-state index in [0.29, 0.717) is 30.4 Å². The lowest BCUT2D eigenvalue weighted by Crippen LogP contribution is -2.48. The van der Waals surface area contributed by atoms with Crippen molar-refractivity contribution in [1.82, 2.24) is 9.88 Å². The zero-order valence-corrected chi connectivity index (χ0v) is 18.7. The van der Waals surface area contributed by atoms with Crippen LogP contribution in [0.3, 0.4) is 0 Å². The Balaban J connectivity index is 1.55. The first kappa shape index (κ1) is 21.4. The minimum Gasteiger partial charge on any atom is -0.482 e. The number of carbonyl (C=O) groups is 2. The van der Waals surface area contributed by atoms with Crippen molar-refractivity contribution >= 4 is 17.5 Å². The van der Waals surface area contributed by atoms with Crippen LogP contribution < -0.4 is 9.64 Å². The number of hydrogen-bond acceptors (Lipinski definition) is 6. The van der Waals surface area contributed by atoms with Crippen LogP contribution in [0.4, 0.5) is 5.69 Å². The highest BCUT2D eigenvalue weighted by atomic mass is 16.5. The van der Waals surface area contributed by atoms with Crippen LogP contribution >= 0.6 is 0 Å². The van der Waals surface area contributed by atoms with Crippen LogP contribution in [0.15, 0.2) is 28.9 Å². The lowest BCUT2D eigenvalue weighted by molar-refractivity contribution is -0.121. The van der Waals surface area contributed by atoms with E-state index >= 15 is 0 Å². The Morgan fingerprint density at radius 3 is 2.58 bits per heavy atom. The third-order valence-electron chi connectivity index (χ3n) is 5.54. The molecule has 166 valence electrons. The monoisotopic (exact) mass is 427 g/mol. The van der Waals surface area contributed by atoms with E-state index in [9.17, 15) is 9.59 Å². The Bertz CT molecular complexity index is 983. The normalized spacial score (nSPS) is 21.6. The zero-order chi connectivity index (χ0) is 22.3. The van der Waals surface area contributed by atoms with Crippen molar-refractivity contribution in [3.63, 3.8) is 0 Å². The molecular weight excluding hydrogens is 398 g/mol. The standard InChI is InChI=1S/C23H29N3O5/c1-14-9-25(10-15(2)31-14)22(28)17-12-30-20(24-17)11-26-18-8-16(23(3,4)5)6-7-19(18)29-13-21(26)27/h6-8,12,14-15H,9-11,13H2,1-5H3. The predicted molar refractivity (Wildman–Crippen MR) is 114 cm³/mol. The molecule has 0 bridgehead atoms. The number of ether oxygens (including phenoxy) is 2. The Morgan fingerprint density at radius 1 is 1.19 bits per heavy atom. The number of aromatic nitrogens is 1. The van der Waals surface area contributed by atoms with Crippen molar-refractivity contribution in [2.75, 3.05) is 24.6 Å². The van der Waals surface area contributed by atoms with E-state index in [1.807, 2.05) is 32.0 Å². The molecule has 2 unspecified atom stereocenters. The van der Waals surface area contributed by atoms with E-state index < -0.39 is 0 Å². The number of amides is 2. The molecule has 8 heteroatoms. The van der Waals surface area contributed by atoms with E-state index in [4.69, 9.17) is 13.9 Å². The topological polar surface area (TPSA) is 85.1 Å². The van der Waals surface area contributed by atoms with Gasteiger partial charge in [-0.3, -0.25) is 14.5 Å². The lowest BCUT2D eigenvalue weighted by atomic mass is 9.86. The first-order valence-corrected chi connectivity index (χ1v) is 10.6. The predicted octanol–water partition coefficient (Wildman–Crippen LogP) is 3.15. The fraction of sp³-hybridized carbons (Fsp3) is 0.522. The van der Waals surface area contributed by atoms with Gasteiger partial charge in [-0.2, -0.15) is 0 Å². The van der Waals surface area contributed by atoms with Crippen LogP contribution in [0.1, 0.15) is 56.6 Å². The van der Waals surface area contributed by atoms with Gasteiger partial charge < -0.3 is 18.8 Å². The maximum absolute atomic E-state index is 12.9. The summed E-state index contributed by atoms with van der Waals surface area (Å²) in [6.45, 7) is 11.3. The Morgan fingerprint density at radius 2 is 1.90 bits per heavy atom. The molecule has 2 aromatic rings. The molecule has 0 spiro atoms. The summed E-state index contributed by atoms with van der Waals surface area (Å²) in [6, 6.07) is 5.87. The van der Waals surface area contributed by atoms with E-state index in [0.717, 1.165) is 5.56 Å². The number of anilines is 1. The molecule has 1 aromatic carbocycles. The van der Waals surface area contributed by atoms with Crippen LogP contribution in [-0.4, -0.2) is 53.6 Å². The maximum Gasteiger partial charge on any atom is 0.275 e. The van der Waals surface area contributed by atoms with Crippen molar-refractivity contribution < 1.29 is 23.5 Å². The van der Waals surface area contributed by atoms with Crippen LogP contribution in [0.25, 0.3) is 0 Å². The molecule has 0 aliphatic carbocycles. The summed E-state index contributed by atoms with van der Waals surface area (Å²) in [4.78, 5) is 33.2. The molecule has 2 aliphatic rings. The van der Waals surface area contributed by atoms with Gasteiger partial charge in [0.25, 0.3) is 11.8 Å². The average molecular weight is 428 g/mol. The number of rotatable bonds is 3. The molecule has 1 fully saturated rings. The van der Waals surface area contributed by atoms with Gasteiger partial charge in [-0.1, -0.05) is 26.8 Å². The largest absolute Gasteiger partial charge is 0.482 e. The van der Waals surface area contributed by atoms with Gasteiger partial charge in [0.2, 0.25) is 5.89 Å². The summed E-state index contributed by atoms with van der Waals surface area (Å²) in [5, 5.41) is 0. The lowest BCUT2D eigenvalue weighted by Gasteiger charge is -2.34. The van der Waals surface area contributed by atoms with Gasteiger partial charge >= 0.3 is 0 Å². The summed E-state index contributed by atoms with van der Waals surface area (Å²) in [5.41, 5.74) is 1.94. The molecular formula is C23H29N3O5. The van der Waals surface area contributed by atoms with E-state index in [2.05, 4.69) is 25.8 Å². The molecule has 31 heavy (non-hydrogen) atoms. The van der Waals surface area contributed by atoms with Crippen LogP contribution in [0.2, 0.25) is 0 Å². The molecule has 0 radical (unpaired) electrons. The Labute approximate surface area is 182 Å². The average Bonchev–Trinajstić information content (AvgIpc) is 3.16. The quantitative estimate of drug-likeness (QED) is 0.748. The zero-order valence-electron chi connectivity index (χ0n) is 18.7. The number of nitrogens with zero attached hydrogens (tertiary/aromatic N) is 3. The highest BCUT2D eigenvalue weighted by Crippen LogP contribution is 2.37. The number of benzene rings is 1. The van der Waals surface area contributed by atoms with E-state index in [-0.39, 0.29) is 48.3 Å². The summed E-state index contributed by atoms with van der Waals surface area (Å²) >= 11 is 0. The SMILES string of the molecule is CC1CN(C(=O)c2coc(CN3C(=O)COc4ccc(C(C)(C)C)cc43)n2)CC(C)O1. The van der Waals surface area contributed by atoms with Crippen molar-refractivity contribution in [2.45, 2.75) is 58.8 Å². The van der Waals surface area contributed by atoms with Crippen molar-refractivity contribution in [1.29, 1.82) is 0 Å². The number of fused-ring (bicyclic) bond motifs is 1. The summed E-state index contributed by atoms with van der Waals surface area (Å²) in [7, 11) is 0. The van der Waals surface area contributed by atoms with Gasteiger partial charge in [0.1, 0.15) is 18.6 Å². The smallest absolute Gasteiger partial charge is 0.275 e. The summed E-state index contributed by atoms with van der Waals surface area (Å²) < 4.78 is 16.9. The molecule has 8 nitrogen and oxygen atoms in total. The van der Waals surface area contributed by atoms with Crippen LogP contribution in [-0.2, 0) is 21.5 Å². The molecule has 2 aliphatic heterocycles. The molecule has 1 aromatic heterocycles. The van der Waals surface area contributed by atoms with Gasteiger partial charge in [0.15, 0.2) is 12.3 Å². The number of hydrogen-bond donors (Lipinski definition) is 0. The van der Waals surface area contributed by atoms with Gasteiger partial charge in [-0.25, -0.2) is 4.98 Å². The third kappa shape index (κ3) is 4.44. The second-order valence-corrected chi connectivity index (χ2v) is 9.29. The molecule has 2 amide bonds. The third-order valence-corrected chi connectivity index (χ3v) is 5.54. The van der Waals surface area contributed by atoms with Gasteiger partial charge in [0.05, 0.1) is 17.9 Å². The van der Waals surface area contributed by atoms with E-state index in [1.54, 1.807) is 9.80 Å². The molecule has 0 N–H and O–H groups in total. The minimum absolute atomic E-state index is 0.0291. The Kier molecular flexibility index (Phi) is 5.51. The van der Waals surface area contributed by atoms with Gasteiger partial charge in [0, 0.05) is 13.1 Å². The summed E-state index contributed by atoms with van der Waals surface area (Å²) in [6.07, 6.45) is 1.30. The van der Waals surface area contributed by atoms with Crippen LogP contribution in [0, 0.1) is 0 Å². The second kappa shape index (κ2) is 8.00. The second-order valence-electron chi connectivity index (χ2n) is 9.29. The fourth-order valence-corrected chi connectivity index (χ4v) is 3.96. The number of oxazole rings is 1. The summed E-state index contributed by atoms with van der Waals surface area (Å²) in [5.74, 6) is 0.577. The highest BCUT2D eigenvalue weighted by molar-refractivity contribution is 5.98.